The van der Waals surface area contributed by atoms with Crippen molar-refractivity contribution in [1.82, 2.24) is 0 Å². The van der Waals surface area contributed by atoms with Crippen LogP contribution in [0.5, 0.6) is 5.75 Å². The summed E-state index contributed by atoms with van der Waals surface area (Å²) in [6, 6.07) is 5.12. The Morgan fingerprint density at radius 3 is 2.76 bits per heavy atom. The SMILES string of the molecule is CN(C)c1cc(C(N)=O)ccc1OCCC=S. The summed E-state index contributed by atoms with van der Waals surface area (Å²) in [6.45, 7) is 0.528. The van der Waals surface area contributed by atoms with Crippen LogP contribution in [0.3, 0.4) is 0 Å². The molecule has 0 fully saturated rings. The van der Waals surface area contributed by atoms with Crippen molar-refractivity contribution in [1.29, 1.82) is 0 Å². The fourth-order valence-electron chi connectivity index (χ4n) is 1.36. The van der Waals surface area contributed by atoms with Gasteiger partial charge in [0.25, 0.3) is 0 Å². The zero-order chi connectivity index (χ0) is 12.8. The molecular formula is C12H16N2O2S. The van der Waals surface area contributed by atoms with E-state index in [0.717, 1.165) is 11.4 Å². The molecule has 5 heteroatoms. The highest BCUT2D eigenvalue weighted by molar-refractivity contribution is 7.78. The minimum atomic E-state index is -0.446. The number of thiocarbonyl (C=S) groups is 1. The predicted molar refractivity (Wildman–Crippen MR) is 73.1 cm³/mol. The number of nitrogens with two attached hydrogens (primary N) is 1. The molecule has 1 aromatic rings. The highest BCUT2D eigenvalue weighted by Gasteiger charge is 2.09. The van der Waals surface area contributed by atoms with Gasteiger partial charge >= 0.3 is 0 Å². The Morgan fingerprint density at radius 2 is 2.24 bits per heavy atom. The molecule has 0 spiro atoms. The van der Waals surface area contributed by atoms with Crippen LogP contribution in [0.4, 0.5) is 5.69 Å². The highest BCUT2D eigenvalue weighted by atomic mass is 32.1. The zero-order valence-electron chi connectivity index (χ0n) is 9.97. The minimum Gasteiger partial charge on any atom is -0.491 e. The maximum absolute atomic E-state index is 11.1. The Hall–Kier alpha value is -1.62. The van der Waals surface area contributed by atoms with Crippen molar-refractivity contribution in [2.45, 2.75) is 6.42 Å². The van der Waals surface area contributed by atoms with E-state index >= 15 is 0 Å². The summed E-state index contributed by atoms with van der Waals surface area (Å²) >= 11 is 4.73. The van der Waals surface area contributed by atoms with E-state index in [1.165, 1.54) is 0 Å². The number of amides is 1. The van der Waals surface area contributed by atoms with Gasteiger partial charge in [-0.25, -0.2) is 0 Å². The van der Waals surface area contributed by atoms with E-state index in [4.69, 9.17) is 22.7 Å². The molecule has 0 aliphatic rings. The topological polar surface area (TPSA) is 55.6 Å². The number of carbonyl (C=O) groups excluding carboxylic acids is 1. The van der Waals surface area contributed by atoms with E-state index in [2.05, 4.69) is 0 Å². The second kappa shape index (κ2) is 6.20. The van der Waals surface area contributed by atoms with Gasteiger partial charge in [-0.3, -0.25) is 4.79 Å². The van der Waals surface area contributed by atoms with Crippen molar-refractivity contribution < 1.29 is 9.53 Å². The Bertz CT molecular complexity index is 419. The molecule has 0 atom stereocenters. The van der Waals surface area contributed by atoms with Gasteiger partial charge in [-0.15, -0.1) is 0 Å². The van der Waals surface area contributed by atoms with Crippen LogP contribution in [-0.4, -0.2) is 32.0 Å². The van der Waals surface area contributed by atoms with Gasteiger partial charge in [0.1, 0.15) is 5.75 Å². The van der Waals surface area contributed by atoms with E-state index in [1.54, 1.807) is 23.6 Å². The predicted octanol–water partition coefficient (Wildman–Crippen LogP) is 1.62. The quantitative estimate of drug-likeness (QED) is 0.617. The fraction of sp³-hybridized carbons (Fsp3) is 0.333. The lowest BCUT2D eigenvalue weighted by atomic mass is 10.1. The lowest BCUT2D eigenvalue weighted by Gasteiger charge is -2.18. The van der Waals surface area contributed by atoms with Gasteiger partial charge in [-0.2, -0.15) is 0 Å². The summed E-state index contributed by atoms with van der Waals surface area (Å²) in [5.41, 5.74) is 6.53. The van der Waals surface area contributed by atoms with E-state index < -0.39 is 5.91 Å². The van der Waals surface area contributed by atoms with E-state index in [0.29, 0.717) is 18.6 Å². The molecule has 0 aliphatic carbocycles. The molecule has 2 N–H and O–H groups in total. The van der Waals surface area contributed by atoms with Crippen LogP contribution >= 0.6 is 12.2 Å². The molecule has 0 heterocycles. The summed E-state index contributed by atoms with van der Waals surface area (Å²) in [7, 11) is 3.76. The molecule has 0 saturated heterocycles. The number of ether oxygens (including phenoxy) is 1. The third-order valence-electron chi connectivity index (χ3n) is 2.22. The number of nitrogens with zero attached hydrogens (tertiary/aromatic N) is 1. The maximum atomic E-state index is 11.1. The van der Waals surface area contributed by atoms with E-state index in [1.807, 2.05) is 19.0 Å². The van der Waals surface area contributed by atoms with Gasteiger partial charge < -0.3 is 15.4 Å². The van der Waals surface area contributed by atoms with E-state index in [-0.39, 0.29) is 0 Å². The molecule has 4 nitrogen and oxygen atoms in total. The van der Waals surface area contributed by atoms with E-state index in [9.17, 15) is 4.79 Å². The second-order valence-electron chi connectivity index (χ2n) is 3.74. The molecule has 17 heavy (non-hydrogen) atoms. The number of hydrogen-bond donors (Lipinski definition) is 1. The standard InChI is InChI=1S/C12H16N2O2S/c1-14(2)10-8-9(12(13)15)4-5-11(10)16-6-3-7-17/h4-5,7-8H,3,6H2,1-2H3,(H2,13,15). The fourth-order valence-corrected chi connectivity index (χ4v) is 1.46. The summed E-state index contributed by atoms with van der Waals surface area (Å²) in [5.74, 6) is 0.274. The number of hydrogen-bond acceptors (Lipinski definition) is 4. The van der Waals surface area contributed by atoms with Crippen LogP contribution in [0, 0.1) is 0 Å². The summed E-state index contributed by atoms with van der Waals surface area (Å²) in [6.07, 6.45) is 0.708. The zero-order valence-corrected chi connectivity index (χ0v) is 10.8. The Balaban J connectivity index is 2.96. The van der Waals surface area contributed by atoms with Crippen LogP contribution < -0.4 is 15.4 Å². The lowest BCUT2D eigenvalue weighted by Crippen LogP contribution is -2.15. The van der Waals surface area contributed by atoms with Crippen molar-refractivity contribution in [3.63, 3.8) is 0 Å². The highest BCUT2D eigenvalue weighted by Crippen LogP contribution is 2.28. The number of anilines is 1. The molecule has 0 saturated carbocycles. The van der Waals surface area contributed by atoms with Crippen LogP contribution in [-0.2, 0) is 0 Å². The molecule has 92 valence electrons. The van der Waals surface area contributed by atoms with Gasteiger partial charge in [0.15, 0.2) is 0 Å². The minimum absolute atomic E-state index is 0.446. The van der Waals surface area contributed by atoms with Crippen molar-refractivity contribution in [3.05, 3.63) is 23.8 Å². The normalized spacial score (nSPS) is 9.76. The van der Waals surface area contributed by atoms with Crippen molar-refractivity contribution in [3.8, 4) is 5.75 Å². The first-order chi connectivity index (χ1) is 8.06. The third kappa shape index (κ3) is 3.71. The van der Waals surface area contributed by atoms with Crippen molar-refractivity contribution >= 4 is 29.2 Å². The van der Waals surface area contributed by atoms with Crippen molar-refractivity contribution in [2.75, 3.05) is 25.6 Å². The first-order valence-electron chi connectivity index (χ1n) is 5.24. The number of carbonyl (C=O) groups is 1. The molecule has 1 amide bonds. The van der Waals surface area contributed by atoms with Gasteiger partial charge in [0.2, 0.25) is 5.91 Å². The first kappa shape index (κ1) is 13.4. The molecule has 0 aliphatic heterocycles. The molecule has 1 aromatic carbocycles. The second-order valence-corrected chi connectivity index (χ2v) is 4.08. The lowest BCUT2D eigenvalue weighted by molar-refractivity contribution is 0.100. The Labute approximate surface area is 106 Å². The monoisotopic (exact) mass is 252 g/mol. The molecule has 0 radical (unpaired) electrons. The van der Waals surface area contributed by atoms with Gasteiger partial charge in [-0.05, 0) is 23.6 Å². The molecule has 1 rings (SSSR count). The first-order valence-corrected chi connectivity index (χ1v) is 5.71. The van der Waals surface area contributed by atoms with Gasteiger partial charge in [0, 0.05) is 26.1 Å². The van der Waals surface area contributed by atoms with Crippen LogP contribution in [0.1, 0.15) is 16.8 Å². The van der Waals surface area contributed by atoms with Gasteiger partial charge in [0.05, 0.1) is 12.3 Å². The third-order valence-corrected chi connectivity index (χ3v) is 2.45. The maximum Gasteiger partial charge on any atom is 0.248 e. The molecule has 0 bridgehead atoms. The average Bonchev–Trinajstić information content (AvgIpc) is 2.29. The molecule has 0 aromatic heterocycles. The van der Waals surface area contributed by atoms with Gasteiger partial charge in [-0.1, -0.05) is 12.2 Å². The Kier molecular flexibility index (Phi) is 4.90. The largest absolute Gasteiger partial charge is 0.491 e. The molecule has 0 unspecified atom stereocenters. The average molecular weight is 252 g/mol. The number of benzene rings is 1. The van der Waals surface area contributed by atoms with Crippen LogP contribution in [0.2, 0.25) is 0 Å². The van der Waals surface area contributed by atoms with Crippen molar-refractivity contribution in [2.24, 2.45) is 5.73 Å². The Morgan fingerprint density at radius 1 is 1.53 bits per heavy atom. The smallest absolute Gasteiger partial charge is 0.248 e. The number of primary amides is 1. The molecular weight excluding hydrogens is 236 g/mol. The summed E-state index contributed by atoms with van der Waals surface area (Å²) < 4.78 is 5.58. The van der Waals surface area contributed by atoms with Crippen LogP contribution in [0.25, 0.3) is 0 Å². The summed E-state index contributed by atoms with van der Waals surface area (Å²) in [5, 5.41) is 1.63. The summed E-state index contributed by atoms with van der Waals surface area (Å²) in [4.78, 5) is 13.0. The number of rotatable bonds is 6. The van der Waals surface area contributed by atoms with Crippen LogP contribution in [0.15, 0.2) is 18.2 Å².